The molecule has 0 saturated carbocycles. The fourth-order valence-corrected chi connectivity index (χ4v) is 4.19. The Hall–Kier alpha value is -4.52. The van der Waals surface area contributed by atoms with Crippen LogP contribution in [0.5, 0.6) is 11.5 Å². The fourth-order valence-electron chi connectivity index (χ4n) is 4.19. The smallest absolute Gasteiger partial charge is 0.258 e. The van der Waals surface area contributed by atoms with Gasteiger partial charge in [-0.3, -0.25) is 14.4 Å². The number of amides is 2. The summed E-state index contributed by atoms with van der Waals surface area (Å²) in [6.07, 6.45) is 12.1. The first-order chi connectivity index (χ1) is 19.5. The number of ketones is 1. The lowest BCUT2D eigenvalue weighted by atomic mass is 10.1. The molecular formula is C33H32FNO5. The van der Waals surface area contributed by atoms with Crippen molar-refractivity contribution in [3.8, 4) is 11.5 Å². The van der Waals surface area contributed by atoms with E-state index in [9.17, 15) is 18.8 Å². The Balaban J connectivity index is 1.02. The monoisotopic (exact) mass is 541 g/mol. The van der Waals surface area contributed by atoms with E-state index in [0.29, 0.717) is 24.5 Å². The lowest BCUT2D eigenvalue weighted by Gasteiger charge is -2.14. The zero-order valence-corrected chi connectivity index (χ0v) is 22.3. The van der Waals surface area contributed by atoms with Crippen molar-refractivity contribution in [1.29, 1.82) is 0 Å². The first-order valence-electron chi connectivity index (χ1n) is 13.5. The minimum absolute atomic E-state index is 0.173. The van der Waals surface area contributed by atoms with Crippen molar-refractivity contribution in [2.24, 2.45) is 0 Å². The number of halogens is 1. The molecule has 0 fully saturated rings. The van der Waals surface area contributed by atoms with Crippen LogP contribution in [0.3, 0.4) is 0 Å². The molecule has 0 atom stereocenters. The summed E-state index contributed by atoms with van der Waals surface area (Å²) in [6.45, 7) is 1.28. The number of carbonyl (C=O) groups excluding carboxylic acids is 3. The molecule has 0 saturated heterocycles. The van der Waals surface area contributed by atoms with Gasteiger partial charge in [0.05, 0.1) is 18.9 Å². The Morgan fingerprint density at radius 1 is 0.675 bits per heavy atom. The summed E-state index contributed by atoms with van der Waals surface area (Å²) in [5, 5.41) is 0. The van der Waals surface area contributed by atoms with Crippen LogP contribution in [0.4, 0.5) is 10.1 Å². The Kier molecular flexibility index (Phi) is 10.4. The zero-order valence-electron chi connectivity index (χ0n) is 22.3. The van der Waals surface area contributed by atoms with Gasteiger partial charge >= 0.3 is 0 Å². The lowest BCUT2D eigenvalue weighted by molar-refractivity contribution is -0.119. The number of hydrogen-bond donors (Lipinski definition) is 0. The van der Waals surface area contributed by atoms with Crippen molar-refractivity contribution in [1.82, 2.24) is 0 Å². The molecule has 0 aromatic heterocycles. The predicted octanol–water partition coefficient (Wildman–Crippen LogP) is 6.95. The minimum atomic E-state index is -0.366. The van der Waals surface area contributed by atoms with Crippen molar-refractivity contribution in [2.75, 3.05) is 18.1 Å². The van der Waals surface area contributed by atoms with Gasteiger partial charge in [0, 0.05) is 17.7 Å². The number of unbranched alkanes of at least 4 members (excludes halogenated alkanes) is 5. The molecule has 3 aromatic carbocycles. The van der Waals surface area contributed by atoms with Gasteiger partial charge in [0.1, 0.15) is 17.3 Å². The molecule has 0 bridgehead atoms. The molecule has 40 heavy (non-hydrogen) atoms. The molecule has 0 radical (unpaired) electrons. The number of benzene rings is 3. The van der Waals surface area contributed by atoms with Crippen molar-refractivity contribution in [2.45, 2.75) is 38.5 Å². The third-order valence-electron chi connectivity index (χ3n) is 6.42. The minimum Gasteiger partial charge on any atom is -0.494 e. The van der Waals surface area contributed by atoms with E-state index in [1.54, 1.807) is 30.3 Å². The van der Waals surface area contributed by atoms with E-state index in [1.807, 2.05) is 24.3 Å². The second-order valence-electron chi connectivity index (χ2n) is 9.43. The summed E-state index contributed by atoms with van der Waals surface area (Å²) in [7, 11) is 0. The van der Waals surface area contributed by atoms with E-state index >= 15 is 0 Å². The van der Waals surface area contributed by atoms with Gasteiger partial charge in [-0.25, -0.2) is 9.29 Å². The van der Waals surface area contributed by atoms with Gasteiger partial charge in [0.15, 0.2) is 5.78 Å². The van der Waals surface area contributed by atoms with E-state index in [1.165, 1.54) is 42.5 Å². The van der Waals surface area contributed by atoms with Crippen molar-refractivity contribution < 1.29 is 28.2 Å². The van der Waals surface area contributed by atoms with Gasteiger partial charge in [-0.1, -0.05) is 43.9 Å². The molecule has 2 amide bonds. The van der Waals surface area contributed by atoms with E-state index in [2.05, 4.69) is 0 Å². The van der Waals surface area contributed by atoms with Gasteiger partial charge in [-0.2, -0.15) is 0 Å². The highest BCUT2D eigenvalue weighted by molar-refractivity contribution is 6.28. The highest BCUT2D eigenvalue weighted by atomic mass is 19.1. The molecule has 4 rings (SSSR count). The number of hydrogen-bond acceptors (Lipinski definition) is 5. The van der Waals surface area contributed by atoms with Crippen LogP contribution < -0.4 is 14.4 Å². The van der Waals surface area contributed by atoms with E-state index in [-0.39, 0.29) is 23.4 Å². The molecule has 0 aliphatic carbocycles. The van der Waals surface area contributed by atoms with Crippen molar-refractivity contribution in [3.63, 3.8) is 0 Å². The number of rotatable bonds is 15. The summed E-state index contributed by atoms with van der Waals surface area (Å²) in [5.74, 6) is 0.313. The molecule has 6 nitrogen and oxygen atoms in total. The number of ether oxygens (including phenoxy) is 2. The van der Waals surface area contributed by atoms with E-state index in [4.69, 9.17) is 9.47 Å². The summed E-state index contributed by atoms with van der Waals surface area (Å²) in [5.41, 5.74) is 1.87. The van der Waals surface area contributed by atoms with Gasteiger partial charge in [-0.15, -0.1) is 0 Å². The summed E-state index contributed by atoms with van der Waals surface area (Å²) in [6, 6.07) is 20.0. The van der Waals surface area contributed by atoms with Crippen molar-refractivity contribution in [3.05, 3.63) is 108 Å². The largest absolute Gasteiger partial charge is 0.494 e. The molecular weight excluding hydrogens is 509 g/mol. The quantitative estimate of drug-likeness (QED) is 0.0901. The standard InChI is InChI=1S/C33H32FNO5/c34-27-12-10-26(11-13-27)31(36)20-9-25-7-16-29(17-8-25)39-23-5-3-1-2-4-6-24-40-30-18-14-28(15-19-30)35-32(37)21-22-33(35)38/h7-22H,1-6,23-24H2. The SMILES string of the molecule is O=C(C=Cc1ccc(OCCCCCCCCOc2ccc(N3C(=O)C=CC3=O)cc2)cc1)c1ccc(F)cc1. The number of allylic oxidation sites excluding steroid dienone is 1. The van der Waals surface area contributed by atoms with Crippen LogP contribution >= 0.6 is 0 Å². The maximum Gasteiger partial charge on any atom is 0.258 e. The Morgan fingerprint density at radius 2 is 1.18 bits per heavy atom. The molecule has 206 valence electrons. The highest BCUT2D eigenvalue weighted by Crippen LogP contribution is 2.22. The number of anilines is 1. The third-order valence-corrected chi connectivity index (χ3v) is 6.42. The first kappa shape index (κ1) is 28.5. The maximum atomic E-state index is 13.0. The zero-order chi connectivity index (χ0) is 28.2. The fraction of sp³-hybridized carbons (Fsp3) is 0.242. The molecule has 3 aromatic rings. The molecule has 1 aliphatic rings. The van der Waals surface area contributed by atoms with Crippen LogP contribution in [0.2, 0.25) is 0 Å². The molecule has 1 heterocycles. The van der Waals surface area contributed by atoms with E-state index in [0.717, 1.165) is 60.5 Å². The topological polar surface area (TPSA) is 72.9 Å². The van der Waals surface area contributed by atoms with Crippen LogP contribution in [-0.2, 0) is 9.59 Å². The predicted molar refractivity (Wildman–Crippen MR) is 153 cm³/mol. The molecule has 0 unspecified atom stereocenters. The van der Waals surface area contributed by atoms with Gasteiger partial charge < -0.3 is 9.47 Å². The average Bonchev–Trinajstić information content (AvgIpc) is 3.31. The second kappa shape index (κ2) is 14.6. The van der Waals surface area contributed by atoms with Crippen molar-refractivity contribution >= 4 is 29.4 Å². The van der Waals surface area contributed by atoms with E-state index < -0.39 is 0 Å². The van der Waals surface area contributed by atoms with Crippen LogP contribution in [-0.4, -0.2) is 30.8 Å². The van der Waals surface area contributed by atoms with Crippen LogP contribution in [0.15, 0.2) is 91.0 Å². The molecule has 0 N–H and O–H groups in total. The van der Waals surface area contributed by atoms with Gasteiger partial charge in [-0.05, 0) is 85.1 Å². The molecule has 7 heteroatoms. The third kappa shape index (κ3) is 8.50. The number of imide groups is 1. The van der Waals surface area contributed by atoms with Crippen LogP contribution in [0.1, 0.15) is 54.4 Å². The highest BCUT2D eigenvalue weighted by Gasteiger charge is 2.24. The van der Waals surface area contributed by atoms with Crippen LogP contribution in [0, 0.1) is 5.82 Å². The first-order valence-corrected chi connectivity index (χ1v) is 13.5. The number of nitrogens with zero attached hydrogens (tertiary/aromatic N) is 1. The summed E-state index contributed by atoms with van der Waals surface area (Å²) < 4.78 is 24.6. The average molecular weight is 542 g/mol. The summed E-state index contributed by atoms with van der Waals surface area (Å²) in [4.78, 5) is 36.8. The normalized spacial score (nSPS) is 12.9. The van der Waals surface area contributed by atoms with Crippen LogP contribution in [0.25, 0.3) is 6.08 Å². The lowest BCUT2D eigenvalue weighted by Crippen LogP contribution is -2.29. The Labute approximate surface area is 233 Å². The molecule has 0 spiro atoms. The van der Waals surface area contributed by atoms with Gasteiger partial charge in [0.2, 0.25) is 0 Å². The Morgan fingerprint density at radius 3 is 1.73 bits per heavy atom. The Bertz CT molecular complexity index is 1330. The maximum absolute atomic E-state index is 13.0. The van der Waals surface area contributed by atoms with Gasteiger partial charge in [0.25, 0.3) is 11.8 Å². The summed E-state index contributed by atoms with van der Waals surface area (Å²) >= 11 is 0. The second-order valence-corrected chi connectivity index (χ2v) is 9.43. The number of carbonyl (C=O) groups is 3. The molecule has 1 aliphatic heterocycles.